The van der Waals surface area contributed by atoms with E-state index >= 15 is 0 Å². The highest BCUT2D eigenvalue weighted by molar-refractivity contribution is 7.10. The van der Waals surface area contributed by atoms with Crippen LogP contribution in [0, 0.1) is 0 Å². The molecule has 0 amide bonds. The second-order valence-electron chi connectivity index (χ2n) is 6.02. The van der Waals surface area contributed by atoms with E-state index in [-0.39, 0.29) is 0 Å². The highest BCUT2D eigenvalue weighted by Crippen LogP contribution is 2.32. The van der Waals surface area contributed by atoms with Crippen LogP contribution in [0.2, 0.25) is 0 Å². The average molecular weight is 315 g/mol. The third-order valence-corrected chi connectivity index (χ3v) is 5.85. The van der Waals surface area contributed by atoms with Crippen LogP contribution in [-0.4, -0.2) is 28.6 Å². The zero-order valence-corrected chi connectivity index (χ0v) is 13.8. The molecule has 3 rings (SSSR count). The van der Waals surface area contributed by atoms with Crippen LogP contribution in [0.4, 0.5) is 0 Å². The van der Waals surface area contributed by atoms with E-state index < -0.39 is 5.97 Å². The molecule has 1 aliphatic rings. The molecule has 0 radical (unpaired) electrons. The number of hydrogen-bond acceptors (Lipinski definition) is 3. The van der Waals surface area contributed by atoms with Gasteiger partial charge in [-0.15, -0.1) is 11.3 Å². The molecule has 2 atom stereocenters. The van der Waals surface area contributed by atoms with Crippen molar-refractivity contribution in [2.24, 2.45) is 0 Å². The molecule has 116 valence electrons. The predicted octanol–water partition coefficient (Wildman–Crippen LogP) is 4.00. The quantitative estimate of drug-likeness (QED) is 0.927. The van der Waals surface area contributed by atoms with Crippen LogP contribution in [0.3, 0.4) is 0 Å². The van der Waals surface area contributed by atoms with Crippen LogP contribution in [0.25, 0.3) is 0 Å². The summed E-state index contributed by atoms with van der Waals surface area (Å²) in [7, 11) is 0. The highest BCUT2D eigenvalue weighted by atomic mass is 32.1. The number of aromatic carboxylic acids is 1. The minimum absolute atomic E-state index is 0.436. The lowest BCUT2D eigenvalue weighted by Gasteiger charge is -2.36. The number of hydrogen-bond donors (Lipinski definition) is 1. The molecule has 1 unspecified atom stereocenters. The molecule has 2 heterocycles. The number of carbonyl (C=O) groups is 1. The molecule has 3 nitrogen and oxygen atoms in total. The van der Waals surface area contributed by atoms with Crippen LogP contribution in [-0.2, 0) is 13.0 Å². The molecule has 4 heteroatoms. The summed E-state index contributed by atoms with van der Waals surface area (Å²) in [6.07, 6.45) is 0.840. The first kappa shape index (κ1) is 15.3. The first-order valence-corrected chi connectivity index (χ1v) is 8.57. The summed E-state index contributed by atoms with van der Waals surface area (Å²) in [6, 6.07) is 11.0. The van der Waals surface area contributed by atoms with Crippen molar-refractivity contribution in [3.05, 3.63) is 57.3 Å². The predicted molar refractivity (Wildman–Crippen MR) is 89.7 cm³/mol. The van der Waals surface area contributed by atoms with Gasteiger partial charge in [0, 0.05) is 29.4 Å². The molecule has 1 aromatic carbocycles. The summed E-state index contributed by atoms with van der Waals surface area (Å²) in [5, 5.41) is 11.0. The van der Waals surface area contributed by atoms with Crippen molar-refractivity contribution in [3.63, 3.8) is 0 Å². The van der Waals surface area contributed by atoms with Crippen LogP contribution in [0.1, 0.15) is 46.1 Å². The van der Waals surface area contributed by atoms with Crippen molar-refractivity contribution in [1.29, 1.82) is 0 Å². The first-order valence-electron chi connectivity index (χ1n) is 7.69. The van der Waals surface area contributed by atoms with E-state index in [1.54, 1.807) is 16.7 Å². The Balaban J connectivity index is 1.75. The van der Waals surface area contributed by atoms with Gasteiger partial charge in [0.15, 0.2) is 0 Å². The molecule has 1 N–H and O–H groups in total. The fraction of sp³-hybridized carbons (Fsp3) is 0.389. The Morgan fingerprint density at radius 1 is 1.27 bits per heavy atom. The molecule has 0 spiro atoms. The summed E-state index contributed by atoms with van der Waals surface area (Å²) in [5.74, 6) is -0.335. The van der Waals surface area contributed by atoms with Gasteiger partial charge in [0.1, 0.15) is 0 Å². The van der Waals surface area contributed by atoms with Gasteiger partial charge in [-0.2, -0.15) is 0 Å². The summed E-state index contributed by atoms with van der Waals surface area (Å²) >= 11 is 1.59. The third-order valence-electron chi connectivity index (χ3n) is 4.83. The average Bonchev–Trinajstić information content (AvgIpc) is 2.97. The van der Waals surface area contributed by atoms with Gasteiger partial charge in [-0.25, -0.2) is 4.79 Å². The lowest BCUT2D eigenvalue weighted by molar-refractivity contribution is 0.0695. The summed E-state index contributed by atoms with van der Waals surface area (Å²) < 4.78 is 0. The molecule has 0 fully saturated rings. The molecular weight excluding hydrogens is 294 g/mol. The van der Waals surface area contributed by atoms with E-state index in [1.165, 1.54) is 10.4 Å². The van der Waals surface area contributed by atoms with Crippen molar-refractivity contribution < 1.29 is 9.90 Å². The number of nitrogens with zero attached hydrogens (tertiary/aromatic N) is 1. The zero-order valence-electron chi connectivity index (χ0n) is 13.0. The van der Waals surface area contributed by atoms with Gasteiger partial charge in [0.05, 0.1) is 5.56 Å². The number of fused-ring (bicyclic) bond motifs is 1. The topological polar surface area (TPSA) is 40.5 Å². The minimum atomic E-state index is -0.795. The Kier molecular flexibility index (Phi) is 4.32. The van der Waals surface area contributed by atoms with Gasteiger partial charge < -0.3 is 5.11 Å². The Hall–Kier alpha value is -1.65. The van der Waals surface area contributed by atoms with Crippen LogP contribution in [0.15, 0.2) is 35.7 Å². The van der Waals surface area contributed by atoms with Gasteiger partial charge in [-0.05, 0) is 30.4 Å². The number of thiophene rings is 1. The maximum Gasteiger partial charge on any atom is 0.336 e. The molecule has 1 aromatic heterocycles. The van der Waals surface area contributed by atoms with E-state index in [0.29, 0.717) is 17.5 Å². The summed E-state index contributed by atoms with van der Waals surface area (Å²) in [6.45, 7) is 6.34. The van der Waals surface area contributed by atoms with E-state index in [0.717, 1.165) is 25.1 Å². The molecule has 22 heavy (non-hydrogen) atoms. The Morgan fingerprint density at radius 3 is 2.68 bits per heavy atom. The van der Waals surface area contributed by atoms with Crippen LogP contribution in [0.5, 0.6) is 0 Å². The number of benzene rings is 1. The highest BCUT2D eigenvalue weighted by Gasteiger charge is 2.28. The minimum Gasteiger partial charge on any atom is -0.478 e. The van der Waals surface area contributed by atoms with E-state index in [4.69, 9.17) is 0 Å². The van der Waals surface area contributed by atoms with Gasteiger partial charge in [-0.3, -0.25) is 4.90 Å². The van der Waals surface area contributed by atoms with Crippen molar-refractivity contribution in [1.82, 2.24) is 4.90 Å². The SMILES string of the molecule is CC(c1ccccc1)[C@H](C)N1CCc2c(C(=O)O)csc2C1. The van der Waals surface area contributed by atoms with Crippen molar-refractivity contribution in [3.8, 4) is 0 Å². The number of rotatable bonds is 4. The first-order chi connectivity index (χ1) is 10.6. The monoisotopic (exact) mass is 315 g/mol. The third kappa shape index (κ3) is 2.81. The van der Waals surface area contributed by atoms with Crippen molar-refractivity contribution in [2.75, 3.05) is 6.54 Å². The van der Waals surface area contributed by atoms with Gasteiger partial charge in [0.25, 0.3) is 0 Å². The van der Waals surface area contributed by atoms with Crippen LogP contribution >= 0.6 is 11.3 Å². The van der Waals surface area contributed by atoms with Gasteiger partial charge in [0.2, 0.25) is 0 Å². The maximum atomic E-state index is 11.2. The molecule has 0 bridgehead atoms. The molecule has 0 saturated carbocycles. The summed E-state index contributed by atoms with van der Waals surface area (Å²) in [4.78, 5) is 14.9. The fourth-order valence-corrected chi connectivity index (χ4v) is 4.32. The Morgan fingerprint density at radius 2 is 2.00 bits per heavy atom. The van der Waals surface area contributed by atoms with Crippen LogP contribution < -0.4 is 0 Å². The van der Waals surface area contributed by atoms with E-state index in [1.807, 2.05) is 6.07 Å². The van der Waals surface area contributed by atoms with E-state index in [9.17, 15) is 9.90 Å². The fourth-order valence-electron chi connectivity index (χ4n) is 3.23. The molecule has 0 aliphatic carbocycles. The van der Waals surface area contributed by atoms with E-state index in [2.05, 4.69) is 43.0 Å². The lowest BCUT2D eigenvalue weighted by Crippen LogP contribution is -2.40. The molecular formula is C18H21NO2S. The van der Waals surface area contributed by atoms with Crippen molar-refractivity contribution >= 4 is 17.3 Å². The molecule has 0 saturated heterocycles. The maximum absolute atomic E-state index is 11.2. The Bertz CT molecular complexity index is 665. The summed E-state index contributed by atoms with van der Waals surface area (Å²) in [5.41, 5.74) is 2.91. The zero-order chi connectivity index (χ0) is 15.7. The van der Waals surface area contributed by atoms with Gasteiger partial charge >= 0.3 is 5.97 Å². The normalized spacial score (nSPS) is 17.7. The lowest BCUT2D eigenvalue weighted by atomic mass is 9.92. The standard InChI is InChI=1S/C18H21NO2S/c1-12(14-6-4-3-5-7-14)13(2)19-9-8-15-16(18(20)21)11-22-17(15)10-19/h3-7,11-13H,8-10H2,1-2H3,(H,20,21)/t12?,13-/m0/s1. The van der Waals surface area contributed by atoms with Crippen molar-refractivity contribution in [2.45, 2.75) is 38.8 Å². The second kappa shape index (κ2) is 6.23. The smallest absolute Gasteiger partial charge is 0.336 e. The number of carboxylic acid groups (broad SMARTS) is 1. The molecule has 2 aromatic rings. The number of carboxylic acids is 1. The van der Waals surface area contributed by atoms with Gasteiger partial charge in [-0.1, -0.05) is 37.3 Å². The Labute approximate surface area is 135 Å². The molecule has 1 aliphatic heterocycles. The largest absolute Gasteiger partial charge is 0.478 e. The second-order valence-corrected chi connectivity index (χ2v) is 6.98.